The molecular weight excluding hydrogens is 290 g/mol. The lowest BCUT2D eigenvalue weighted by Gasteiger charge is -2.22. The lowest BCUT2D eigenvalue weighted by molar-refractivity contribution is -0.0318. The maximum atomic E-state index is 5.88. The summed E-state index contributed by atoms with van der Waals surface area (Å²) in [5.41, 5.74) is 0. The van der Waals surface area contributed by atoms with Crippen LogP contribution in [0.3, 0.4) is 0 Å². The summed E-state index contributed by atoms with van der Waals surface area (Å²) >= 11 is 0. The summed E-state index contributed by atoms with van der Waals surface area (Å²) < 4.78 is 11.2. The number of guanidine groups is 1. The highest BCUT2D eigenvalue weighted by molar-refractivity contribution is 5.79. The van der Waals surface area contributed by atoms with Gasteiger partial charge in [0.1, 0.15) is 0 Å². The molecule has 2 N–H and O–H groups in total. The van der Waals surface area contributed by atoms with Gasteiger partial charge < -0.3 is 20.1 Å². The van der Waals surface area contributed by atoms with Crippen LogP contribution >= 0.6 is 0 Å². The first-order valence-corrected chi connectivity index (χ1v) is 9.50. The monoisotopic (exact) mass is 327 g/mol. The Kier molecular flexibility index (Phi) is 12.0. The van der Waals surface area contributed by atoms with Crippen molar-refractivity contribution in [2.45, 2.75) is 77.9 Å². The van der Waals surface area contributed by atoms with Crippen LogP contribution in [0.1, 0.15) is 65.7 Å². The van der Waals surface area contributed by atoms with Crippen LogP contribution in [0.5, 0.6) is 0 Å². The lowest BCUT2D eigenvalue weighted by Crippen LogP contribution is -2.42. The number of aliphatic imine (C=N–C) groups is 1. The minimum absolute atomic E-state index is 0.387. The molecule has 0 aromatic rings. The molecule has 0 saturated carbocycles. The van der Waals surface area contributed by atoms with Crippen LogP contribution in [0.15, 0.2) is 4.99 Å². The number of unbranched alkanes of at least 4 members (excludes halogenated alkanes) is 2. The number of nitrogens with one attached hydrogen (secondary N) is 2. The average Bonchev–Trinajstić information content (AvgIpc) is 2.56. The minimum Gasteiger partial charge on any atom is -0.381 e. The Morgan fingerprint density at radius 2 is 2.00 bits per heavy atom. The third-order valence-corrected chi connectivity index (χ3v) is 4.06. The van der Waals surface area contributed by atoms with Crippen LogP contribution in [-0.4, -0.2) is 51.0 Å². The molecule has 0 spiro atoms. The van der Waals surface area contributed by atoms with Gasteiger partial charge in [0.05, 0.1) is 6.10 Å². The summed E-state index contributed by atoms with van der Waals surface area (Å²) in [6.07, 6.45) is 8.48. The van der Waals surface area contributed by atoms with Crippen molar-refractivity contribution in [2.24, 2.45) is 4.99 Å². The third kappa shape index (κ3) is 10.6. The minimum atomic E-state index is 0.387. The molecule has 5 nitrogen and oxygen atoms in total. The Balaban J connectivity index is 2.17. The predicted octanol–water partition coefficient (Wildman–Crippen LogP) is 3.10. The quantitative estimate of drug-likeness (QED) is 0.348. The highest BCUT2D eigenvalue weighted by Crippen LogP contribution is 2.10. The van der Waals surface area contributed by atoms with Crippen LogP contribution in [0.25, 0.3) is 0 Å². The van der Waals surface area contributed by atoms with Crippen molar-refractivity contribution >= 4 is 5.96 Å². The molecule has 0 bridgehead atoms. The molecule has 1 aliphatic rings. The smallest absolute Gasteiger partial charge is 0.191 e. The van der Waals surface area contributed by atoms with Crippen LogP contribution in [-0.2, 0) is 9.47 Å². The molecule has 23 heavy (non-hydrogen) atoms. The van der Waals surface area contributed by atoms with Crippen molar-refractivity contribution in [3.8, 4) is 0 Å². The largest absolute Gasteiger partial charge is 0.381 e. The molecule has 0 aromatic heterocycles. The van der Waals surface area contributed by atoms with E-state index in [4.69, 9.17) is 9.47 Å². The summed E-state index contributed by atoms with van der Waals surface area (Å²) in [5, 5.41) is 6.82. The molecule has 0 radical (unpaired) electrons. The first-order valence-electron chi connectivity index (χ1n) is 9.50. The maximum Gasteiger partial charge on any atom is 0.191 e. The van der Waals surface area contributed by atoms with E-state index in [1.165, 1.54) is 25.7 Å². The van der Waals surface area contributed by atoms with Crippen molar-refractivity contribution in [1.82, 2.24) is 10.6 Å². The van der Waals surface area contributed by atoms with Crippen molar-refractivity contribution in [3.63, 3.8) is 0 Å². The number of ether oxygens (including phenoxy) is 2. The first kappa shape index (κ1) is 20.2. The van der Waals surface area contributed by atoms with Crippen LogP contribution in [0.2, 0.25) is 0 Å². The van der Waals surface area contributed by atoms with Crippen molar-refractivity contribution in [1.29, 1.82) is 0 Å². The van der Waals surface area contributed by atoms with E-state index in [1.807, 2.05) is 0 Å². The van der Waals surface area contributed by atoms with Gasteiger partial charge in [0.15, 0.2) is 5.96 Å². The summed E-state index contributed by atoms with van der Waals surface area (Å²) in [6.45, 7) is 10.8. The van der Waals surface area contributed by atoms with Gasteiger partial charge in [0.25, 0.3) is 0 Å². The van der Waals surface area contributed by atoms with Crippen molar-refractivity contribution in [3.05, 3.63) is 0 Å². The fourth-order valence-electron chi connectivity index (χ4n) is 2.67. The Labute approximate surface area is 142 Å². The van der Waals surface area contributed by atoms with Crippen LogP contribution < -0.4 is 10.6 Å². The van der Waals surface area contributed by atoms with E-state index in [2.05, 4.69) is 36.4 Å². The molecule has 1 unspecified atom stereocenters. The first-order chi connectivity index (χ1) is 11.3. The van der Waals surface area contributed by atoms with E-state index in [0.717, 1.165) is 58.1 Å². The number of hydrogen-bond acceptors (Lipinski definition) is 3. The Bertz CT molecular complexity index is 305. The Hall–Kier alpha value is -0.810. The summed E-state index contributed by atoms with van der Waals surface area (Å²) in [5.74, 6) is 0.933. The maximum absolute atomic E-state index is 5.88. The van der Waals surface area contributed by atoms with E-state index in [9.17, 15) is 0 Å². The van der Waals surface area contributed by atoms with Gasteiger partial charge in [0, 0.05) is 39.0 Å². The fourth-order valence-corrected chi connectivity index (χ4v) is 2.67. The number of nitrogens with zero attached hydrogens (tertiary/aromatic N) is 1. The lowest BCUT2D eigenvalue weighted by atomic mass is 10.1. The van der Waals surface area contributed by atoms with E-state index >= 15 is 0 Å². The molecule has 5 heteroatoms. The van der Waals surface area contributed by atoms with Gasteiger partial charge in [-0.15, -0.1) is 0 Å². The second-order valence-electron chi connectivity index (χ2n) is 6.34. The average molecular weight is 328 g/mol. The normalized spacial score (nSPS) is 18.0. The molecule has 0 aromatic carbocycles. The van der Waals surface area contributed by atoms with Crippen molar-refractivity contribution < 1.29 is 9.47 Å². The van der Waals surface area contributed by atoms with Gasteiger partial charge in [-0.3, -0.25) is 4.99 Å². The van der Waals surface area contributed by atoms with E-state index in [1.54, 1.807) is 0 Å². The second-order valence-corrected chi connectivity index (χ2v) is 6.34. The van der Waals surface area contributed by atoms with Gasteiger partial charge in [-0.2, -0.15) is 0 Å². The Morgan fingerprint density at radius 1 is 1.22 bits per heavy atom. The molecule has 1 aliphatic heterocycles. The number of hydrogen-bond donors (Lipinski definition) is 2. The zero-order valence-corrected chi connectivity index (χ0v) is 15.4. The molecule has 1 rings (SSSR count). The van der Waals surface area contributed by atoms with Gasteiger partial charge in [-0.25, -0.2) is 0 Å². The highest BCUT2D eigenvalue weighted by Gasteiger charge is 2.13. The highest BCUT2D eigenvalue weighted by atomic mass is 16.5. The van der Waals surface area contributed by atoms with Crippen molar-refractivity contribution in [2.75, 3.05) is 32.9 Å². The van der Waals surface area contributed by atoms with E-state index in [0.29, 0.717) is 12.1 Å². The van der Waals surface area contributed by atoms with Gasteiger partial charge >= 0.3 is 0 Å². The summed E-state index contributed by atoms with van der Waals surface area (Å²) in [7, 11) is 0. The molecule has 1 saturated heterocycles. The van der Waals surface area contributed by atoms with Crippen LogP contribution in [0, 0.1) is 0 Å². The SMILES string of the molecule is CCCCCC(C)NC(=NCCCOC1CCOCC1)NCC. The third-order valence-electron chi connectivity index (χ3n) is 4.06. The van der Waals surface area contributed by atoms with Gasteiger partial charge in [-0.05, 0) is 39.5 Å². The van der Waals surface area contributed by atoms with E-state index in [-0.39, 0.29) is 0 Å². The fraction of sp³-hybridized carbons (Fsp3) is 0.944. The molecule has 1 heterocycles. The standard InChI is InChI=1S/C18H37N3O2/c1-4-6-7-9-16(3)21-18(19-5-2)20-12-8-13-23-17-10-14-22-15-11-17/h16-17H,4-15H2,1-3H3,(H2,19,20,21). The van der Waals surface area contributed by atoms with Gasteiger partial charge in [0.2, 0.25) is 0 Å². The zero-order chi connectivity index (χ0) is 16.8. The molecule has 1 fully saturated rings. The molecular formula is C18H37N3O2. The molecule has 0 aliphatic carbocycles. The Morgan fingerprint density at radius 3 is 2.70 bits per heavy atom. The van der Waals surface area contributed by atoms with Gasteiger partial charge in [-0.1, -0.05) is 26.2 Å². The summed E-state index contributed by atoms with van der Waals surface area (Å²) in [4.78, 5) is 4.65. The van der Waals surface area contributed by atoms with E-state index < -0.39 is 0 Å². The van der Waals surface area contributed by atoms with Crippen LogP contribution in [0.4, 0.5) is 0 Å². The molecule has 136 valence electrons. The molecule has 0 amide bonds. The second kappa shape index (κ2) is 13.6. The number of rotatable bonds is 11. The predicted molar refractivity (Wildman–Crippen MR) is 97.1 cm³/mol. The molecule has 1 atom stereocenters. The topological polar surface area (TPSA) is 54.9 Å². The summed E-state index contributed by atoms with van der Waals surface area (Å²) in [6, 6.07) is 0.470. The zero-order valence-electron chi connectivity index (χ0n) is 15.4.